The van der Waals surface area contributed by atoms with Crippen molar-refractivity contribution < 1.29 is 14.3 Å². The Morgan fingerprint density at radius 2 is 2.00 bits per heavy atom. The highest BCUT2D eigenvalue weighted by Gasteiger charge is 2.26. The fourth-order valence-electron chi connectivity index (χ4n) is 2.48. The molecule has 0 spiro atoms. The second kappa shape index (κ2) is 6.87. The molecule has 0 unspecified atom stereocenters. The predicted molar refractivity (Wildman–Crippen MR) is 90.8 cm³/mol. The van der Waals surface area contributed by atoms with Crippen molar-refractivity contribution in [3.05, 3.63) is 59.7 Å². The first-order valence-electron chi connectivity index (χ1n) is 7.47. The molecule has 0 radical (unpaired) electrons. The van der Waals surface area contributed by atoms with Crippen LogP contribution in [0.2, 0.25) is 0 Å². The number of carbonyl (C=O) groups is 2. The zero-order valence-electron chi connectivity index (χ0n) is 12.8. The Hall–Kier alpha value is -2.27. The SMILES string of the molecule is CCOC(=O)c1ccc2c(c1)N(Cc1ccccc1)C(=O)CS2. The number of anilines is 1. The third-order valence-corrected chi connectivity index (χ3v) is 4.64. The van der Waals surface area contributed by atoms with Gasteiger partial charge in [-0.25, -0.2) is 4.79 Å². The minimum Gasteiger partial charge on any atom is -0.462 e. The van der Waals surface area contributed by atoms with E-state index in [2.05, 4.69) is 0 Å². The molecule has 0 aliphatic carbocycles. The largest absolute Gasteiger partial charge is 0.462 e. The molecule has 2 aromatic carbocycles. The van der Waals surface area contributed by atoms with Crippen LogP contribution >= 0.6 is 11.8 Å². The molecule has 3 rings (SSSR count). The number of hydrogen-bond donors (Lipinski definition) is 0. The van der Waals surface area contributed by atoms with Crippen molar-refractivity contribution in [2.24, 2.45) is 0 Å². The highest BCUT2D eigenvalue weighted by molar-refractivity contribution is 8.00. The summed E-state index contributed by atoms with van der Waals surface area (Å²) >= 11 is 1.50. The van der Waals surface area contributed by atoms with E-state index in [-0.39, 0.29) is 11.9 Å². The van der Waals surface area contributed by atoms with E-state index in [0.29, 0.717) is 24.5 Å². The molecule has 4 nitrogen and oxygen atoms in total. The van der Waals surface area contributed by atoms with Gasteiger partial charge in [-0.15, -0.1) is 11.8 Å². The summed E-state index contributed by atoms with van der Waals surface area (Å²) in [6.45, 7) is 2.61. The number of ether oxygens (including phenoxy) is 1. The van der Waals surface area contributed by atoms with Crippen LogP contribution in [0.3, 0.4) is 0 Å². The van der Waals surface area contributed by atoms with E-state index in [1.54, 1.807) is 24.0 Å². The Bertz CT molecular complexity index is 730. The third-order valence-electron chi connectivity index (χ3n) is 3.60. The second-order valence-corrected chi connectivity index (χ2v) is 6.17. The average molecular weight is 327 g/mol. The highest BCUT2D eigenvalue weighted by atomic mass is 32.2. The van der Waals surface area contributed by atoms with E-state index < -0.39 is 0 Å². The lowest BCUT2D eigenvalue weighted by Crippen LogP contribution is -2.35. The van der Waals surface area contributed by atoms with Gasteiger partial charge in [0.05, 0.1) is 30.2 Å². The number of rotatable bonds is 4. The van der Waals surface area contributed by atoms with Crippen LogP contribution in [0, 0.1) is 0 Å². The number of thioether (sulfide) groups is 1. The Labute approximate surface area is 139 Å². The van der Waals surface area contributed by atoms with Crippen molar-refractivity contribution in [1.82, 2.24) is 0 Å². The van der Waals surface area contributed by atoms with Gasteiger partial charge < -0.3 is 9.64 Å². The molecule has 1 heterocycles. The van der Waals surface area contributed by atoms with E-state index >= 15 is 0 Å². The van der Waals surface area contributed by atoms with Gasteiger partial charge in [0.15, 0.2) is 0 Å². The van der Waals surface area contributed by atoms with Crippen molar-refractivity contribution >= 4 is 29.3 Å². The summed E-state index contributed by atoms with van der Waals surface area (Å²) in [5.74, 6) is 0.101. The highest BCUT2D eigenvalue weighted by Crippen LogP contribution is 2.37. The molecule has 5 heteroatoms. The summed E-state index contributed by atoms with van der Waals surface area (Å²) in [5.41, 5.74) is 2.31. The number of esters is 1. The van der Waals surface area contributed by atoms with Crippen molar-refractivity contribution in [2.75, 3.05) is 17.3 Å². The smallest absolute Gasteiger partial charge is 0.338 e. The third kappa shape index (κ3) is 3.40. The molecule has 23 heavy (non-hydrogen) atoms. The van der Waals surface area contributed by atoms with E-state index in [0.717, 1.165) is 16.1 Å². The number of fused-ring (bicyclic) bond motifs is 1. The van der Waals surface area contributed by atoms with Crippen LogP contribution in [0.4, 0.5) is 5.69 Å². The van der Waals surface area contributed by atoms with E-state index in [9.17, 15) is 9.59 Å². The Kier molecular flexibility index (Phi) is 4.67. The van der Waals surface area contributed by atoms with Gasteiger partial charge in [0.2, 0.25) is 5.91 Å². The molecule has 2 aromatic rings. The van der Waals surface area contributed by atoms with Crippen LogP contribution in [0.15, 0.2) is 53.4 Å². The van der Waals surface area contributed by atoms with Crippen molar-refractivity contribution in [1.29, 1.82) is 0 Å². The van der Waals surface area contributed by atoms with Gasteiger partial charge in [-0.2, -0.15) is 0 Å². The molecular formula is C18H17NO3S. The monoisotopic (exact) mass is 327 g/mol. The Balaban J connectivity index is 1.94. The molecule has 0 N–H and O–H groups in total. The van der Waals surface area contributed by atoms with Crippen molar-refractivity contribution in [2.45, 2.75) is 18.4 Å². The van der Waals surface area contributed by atoms with Crippen LogP contribution in [0.5, 0.6) is 0 Å². The summed E-state index contributed by atoms with van der Waals surface area (Å²) in [7, 11) is 0. The van der Waals surface area contributed by atoms with E-state index in [1.165, 1.54) is 11.8 Å². The van der Waals surface area contributed by atoms with E-state index in [1.807, 2.05) is 36.4 Å². The summed E-state index contributed by atoms with van der Waals surface area (Å²) in [5, 5.41) is 0. The minimum atomic E-state index is -0.363. The van der Waals surface area contributed by atoms with Crippen molar-refractivity contribution in [3.63, 3.8) is 0 Å². The topological polar surface area (TPSA) is 46.6 Å². The molecule has 0 saturated heterocycles. The Morgan fingerprint density at radius 1 is 1.22 bits per heavy atom. The van der Waals surface area contributed by atoms with Gasteiger partial charge in [-0.05, 0) is 30.7 Å². The number of amides is 1. The number of carbonyl (C=O) groups excluding carboxylic acids is 2. The fraction of sp³-hybridized carbons (Fsp3) is 0.222. The molecule has 0 aromatic heterocycles. The molecular weight excluding hydrogens is 310 g/mol. The predicted octanol–water partition coefficient (Wildman–Crippen LogP) is 3.50. The van der Waals surface area contributed by atoms with Crippen LogP contribution in [0.25, 0.3) is 0 Å². The zero-order chi connectivity index (χ0) is 16.2. The summed E-state index contributed by atoms with van der Waals surface area (Å²) in [6, 6.07) is 15.2. The molecule has 0 saturated carbocycles. The molecule has 1 amide bonds. The zero-order valence-corrected chi connectivity index (χ0v) is 13.6. The molecule has 118 valence electrons. The van der Waals surface area contributed by atoms with Gasteiger partial charge in [-0.1, -0.05) is 30.3 Å². The molecule has 1 aliphatic rings. The normalized spacial score (nSPS) is 13.6. The van der Waals surface area contributed by atoms with Crippen LogP contribution in [-0.2, 0) is 16.1 Å². The van der Waals surface area contributed by atoms with E-state index in [4.69, 9.17) is 4.74 Å². The number of hydrogen-bond acceptors (Lipinski definition) is 4. The van der Waals surface area contributed by atoms with Crippen molar-refractivity contribution in [3.8, 4) is 0 Å². The lowest BCUT2D eigenvalue weighted by molar-refractivity contribution is -0.116. The first-order chi connectivity index (χ1) is 11.2. The van der Waals surface area contributed by atoms with Crippen LogP contribution in [-0.4, -0.2) is 24.2 Å². The average Bonchev–Trinajstić information content (AvgIpc) is 2.58. The first kappa shape index (κ1) is 15.6. The standard InChI is InChI=1S/C18H17NO3S/c1-2-22-18(21)14-8-9-16-15(10-14)19(17(20)12-23-16)11-13-6-4-3-5-7-13/h3-10H,2,11-12H2,1H3. The first-order valence-corrected chi connectivity index (χ1v) is 8.46. The van der Waals surface area contributed by atoms with Gasteiger partial charge in [-0.3, -0.25) is 4.79 Å². The lowest BCUT2D eigenvalue weighted by Gasteiger charge is -2.29. The second-order valence-electron chi connectivity index (χ2n) is 5.16. The van der Waals surface area contributed by atoms with Gasteiger partial charge in [0.1, 0.15) is 0 Å². The molecule has 0 bridgehead atoms. The van der Waals surface area contributed by atoms with Crippen LogP contribution in [0.1, 0.15) is 22.8 Å². The fourth-order valence-corrected chi connectivity index (χ4v) is 3.40. The summed E-state index contributed by atoms with van der Waals surface area (Å²) in [6.07, 6.45) is 0. The van der Waals surface area contributed by atoms with Gasteiger partial charge in [0, 0.05) is 4.90 Å². The molecule has 0 fully saturated rings. The quantitative estimate of drug-likeness (QED) is 0.806. The summed E-state index contributed by atoms with van der Waals surface area (Å²) < 4.78 is 5.05. The number of nitrogens with zero attached hydrogens (tertiary/aromatic N) is 1. The van der Waals surface area contributed by atoms with Gasteiger partial charge >= 0.3 is 5.97 Å². The number of benzene rings is 2. The minimum absolute atomic E-state index is 0.0485. The lowest BCUT2D eigenvalue weighted by atomic mass is 10.1. The van der Waals surface area contributed by atoms with Crippen LogP contribution < -0.4 is 4.90 Å². The molecule has 1 aliphatic heterocycles. The maximum absolute atomic E-state index is 12.4. The Morgan fingerprint density at radius 3 is 2.74 bits per heavy atom. The van der Waals surface area contributed by atoms with Gasteiger partial charge in [0.25, 0.3) is 0 Å². The maximum Gasteiger partial charge on any atom is 0.338 e. The maximum atomic E-state index is 12.4. The molecule has 0 atom stereocenters. The summed E-state index contributed by atoms with van der Waals surface area (Å²) in [4.78, 5) is 27.0.